The third-order valence-electron chi connectivity index (χ3n) is 3.07. The minimum absolute atomic E-state index is 0.435. The molecule has 3 N–H and O–H groups in total. The summed E-state index contributed by atoms with van der Waals surface area (Å²) in [4.78, 5) is 10.6. The molecule has 0 heterocycles. The summed E-state index contributed by atoms with van der Waals surface area (Å²) in [5.74, 6) is 0.0161. The number of carboxylic acids is 1. The monoisotopic (exact) mass is 197 g/mol. The third kappa shape index (κ3) is 2.84. The molecule has 0 amide bonds. The number of aliphatic carboxylic acids is 1. The summed E-state index contributed by atoms with van der Waals surface area (Å²) in [6, 6.07) is -0.700. The molecule has 0 saturated carbocycles. The van der Waals surface area contributed by atoms with Gasteiger partial charge < -0.3 is 10.8 Å². The van der Waals surface area contributed by atoms with Crippen LogP contribution in [-0.4, -0.2) is 17.1 Å². The SMILES string of the molecule is CC1=CC(C)C(CC(N)C(=O)O)CC1. The lowest BCUT2D eigenvalue weighted by Crippen LogP contribution is -2.34. The van der Waals surface area contributed by atoms with Crippen LogP contribution in [-0.2, 0) is 4.79 Å². The summed E-state index contributed by atoms with van der Waals surface area (Å²) in [5, 5.41) is 8.71. The van der Waals surface area contributed by atoms with Gasteiger partial charge in [-0.15, -0.1) is 0 Å². The van der Waals surface area contributed by atoms with Gasteiger partial charge in [0.05, 0.1) is 0 Å². The van der Waals surface area contributed by atoms with Crippen LogP contribution in [0.1, 0.15) is 33.1 Å². The topological polar surface area (TPSA) is 63.3 Å². The lowest BCUT2D eigenvalue weighted by molar-refractivity contribution is -0.139. The Morgan fingerprint density at radius 2 is 2.43 bits per heavy atom. The molecule has 3 nitrogen and oxygen atoms in total. The van der Waals surface area contributed by atoms with Crippen molar-refractivity contribution < 1.29 is 9.90 Å². The summed E-state index contributed by atoms with van der Waals surface area (Å²) in [7, 11) is 0. The molecule has 0 aliphatic heterocycles. The summed E-state index contributed by atoms with van der Waals surface area (Å²) in [6.07, 6.45) is 4.99. The molecule has 0 spiro atoms. The highest BCUT2D eigenvalue weighted by molar-refractivity contribution is 5.73. The van der Waals surface area contributed by atoms with Crippen LogP contribution in [0, 0.1) is 11.8 Å². The quantitative estimate of drug-likeness (QED) is 0.678. The highest BCUT2D eigenvalue weighted by atomic mass is 16.4. The molecule has 0 aromatic rings. The molecule has 0 radical (unpaired) electrons. The molecular weight excluding hydrogens is 178 g/mol. The second kappa shape index (κ2) is 4.60. The van der Waals surface area contributed by atoms with Crippen molar-refractivity contribution in [3.05, 3.63) is 11.6 Å². The van der Waals surface area contributed by atoms with Gasteiger partial charge in [-0.05, 0) is 38.0 Å². The van der Waals surface area contributed by atoms with Gasteiger partial charge in [-0.2, -0.15) is 0 Å². The largest absolute Gasteiger partial charge is 0.480 e. The van der Waals surface area contributed by atoms with Gasteiger partial charge in [0.25, 0.3) is 0 Å². The van der Waals surface area contributed by atoms with Gasteiger partial charge in [0, 0.05) is 0 Å². The molecule has 0 saturated heterocycles. The Kier molecular flexibility index (Phi) is 3.69. The van der Waals surface area contributed by atoms with Gasteiger partial charge in [-0.25, -0.2) is 0 Å². The Bertz CT molecular complexity index is 248. The standard InChI is InChI=1S/C11H19NO2/c1-7-3-4-9(8(2)5-7)6-10(12)11(13)14/h5,8-10H,3-4,6,12H2,1-2H3,(H,13,14). The van der Waals surface area contributed by atoms with E-state index in [-0.39, 0.29) is 0 Å². The molecule has 3 heteroatoms. The first-order valence-corrected chi connectivity index (χ1v) is 5.16. The second-order valence-corrected chi connectivity index (χ2v) is 4.35. The van der Waals surface area contributed by atoms with E-state index in [4.69, 9.17) is 10.8 Å². The average Bonchev–Trinajstić information content (AvgIpc) is 2.09. The first-order chi connectivity index (χ1) is 6.50. The molecular formula is C11H19NO2. The van der Waals surface area contributed by atoms with Gasteiger partial charge in [0.1, 0.15) is 6.04 Å². The summed E-state index contributed by atoms with van der Waals surface area (Å²) in [6.45, 7) is 4.27. The van der Waals surface area contributed by atoms with Gasteiger partial charge in [0.2, 0.25) is 0 Å². The summed E-state index contributed by atoms with van der Waals surface area (Å²) < 4.78 is 0. The average molecular weight is 197 g/mol. The second-order valence-electron chi connectivity index (χ2n) is 4.35. The number of rotatable bonds is 3. The zero-order valence-corrected chi connectivity index (χ0v) is 8.86. The predicted molar refractivity (Wildman–Crippen MR) is 55.9 cm³/mol. The van der Waals surface area contributed by atoms with Crippen LogP contribution < -0.4 is 5.73 Å². The highest BCUT2D eigenvalue weighted by Crippen LogP contribution is 2.31. The lowest BCUT2D eigenvalue weighted by atomic mass is 9.79. The van der Waals surface area contributed by atoms with Crippen molar-refractivity contribution >= 4 is 5.97 Å². The fourth-order valence-corrected chi connectivity index (χ4v) is 2.10. The van der Waals surface area contributed by atoms with Crippen molar-refractivity contribution in [1.82, 2.24) is 0 Å². The third-order valence-corrected chi connectivity index (χ3v) is 3.07. The number of hydrogen-bond acceptors (Lipinski definition) is 2. The molecule has 0 aromatic heterocycles. The van der Waals surface area contributed by atoms with Gasteiger partial charge in [-0.1, -0.05) is 18.6 Å². The summed E-state index contributed by atoms with van der Waals surface area (Å²) >= 11 is 0. The molecule has 80 valence electrons. The molecule has 0 fully saturated rings. The minimum Gasteiger partial charge on any atom is -0.480 e. The fourth-order valence-electron chi connectivity index (χ4n) is 2.10. The van der Waals surface area contributed by atoms with E-state index in [2.05, 4.69) is 19.9 Å². The molecule has 14 heavy (non-hydrogen) atoms. The summed E-state index contributed by atoms with van der Waals surface area (Å²) in [5.41, 5.74) is 6.94. The van der Waals surface area contributed by atoms with E-state index in [1.54, 1.807) is 0 Å². The van der Waals surface area contributed by atoms with Crippen LogP contribution in [0.2, 0.25) is 0 Å². The number of carboxylic acid groups (broad SMARTS) is 1. The van der Waals surface area contributed by atoms with Crippen LogP contribution in [0.25, 0.3) is 0 Å². The molecule has 0 aromatic carbocycles. The van der Waals surface area contributed by atoms with E-state index in [0.29, 0.717) is 18.3 Å². The van der Waals surface area contributed by atoms with E-state index in [1.165, 1.54) is 5.57 Å². The van der Waals surface area contributed by atoms with Crippen molar-refractivity contribution in [3.8, 4) is 0 Å². The Labute approximate surface area is 85.0 Å². The number of allylic oxidation sites excluding steroid dienone is 2. The number of carbonyl (C=O) groups is 1. The molecule has 0 bridgehead atoms. The maximum absolute atomic E-state index is 10.6. The van der Waals surface area contributed by atoms with Crippen molar-refractivity contribution in [1.29, 1.82) is 0 Å². The van der Waals surface area contributed by atoms with E-state index < -0.39 is 12.0 Å². The van der Waals surface area contributed by atoms with Gasteiger partial charge in [-0.3, -0.25) is 4.79 Å². The highest BCUT2D eigenvalue weighted by Gasteiger charge is 2.24. The molecule has 1 rings (SSSR count). The lowest BCUT2D eigenvalue weighted by Gasteiger charge is -2.27. The fraction of sp³-hybridized carbons (Fsp3) is 0.727. The molecule has 3 atom stereocenters. The Balaban J connectivity index is 2.51. The van der Waals surface area contributed by atoms with Crippen LogP contribution in [0.4, 0.5) is 0 Å². The van der Waals surface area contributed by atoms with E-state index in [1.807, 2.05) is 0 Å². The first kappa shape index (κ1) is 11.2. The van der Waals surface area contributed by atoms with Crippen molar-refractivity contribution in [2.45, 2.75) is 39.2 Å². The molecule has 1 aliphatic rings. The van der Waals surface area contributed by atoms with Gasteiger partial charge in [0.15, 0.2) is 0 Å². The van der Waals surface area contributed by atoms with Gasteiger partial charge >= 0.3 is 5.97 Å². The molecule has 1 aliphatic carbocycles. The van der Waals surface area contributed by atoms with Crippen molar-refractivity contribution in [2.24, 2.45) is 17.6 Å². The van der Waals surface area contributed by atoms with Crippen molar-refractivity contribution in [2.75, 3.05) is 0 Å². The Morgan fingerprint density at radius 1 is 1.79 bits per heavy atom. The Morgan fingerprint density at radius 3 is 2.93 bits per heavy atom. The first-order valence-electron chi connectivity index (χ1n) is 5.16. The van der Waals surface area contributed by atoms with Crippen LogP contribution in [0.3, 0.4) is 0 Å². The van der Waals surface area contributed by atoms with E-state index >= 15 is 0 Å². The minimum atomic E-state index is -0.886. The van der Waals surface area contributed by atoms with Crippen molar-refractivity contribution in [3.63, 3.8) is 0 Å². The van der Waals surface area contributed by atoms with Crippen LogP contribution in [0.15, 0.2) is 11.6 Å². The predicted octanol–water partition coefficient (Wildman–Crippen LogP) is 1.78. The Hall–Kier alpha value is -0.830. The smallest absolute Gasteiger partial charge is 0.320 e. The zero-order chi connectivity index (χ0) is 10.7. The van der Waals surface area contributed by atoms with Crippen LogP contribution >= 0.6 is 0 Å². The number of nitrogens with two attached hydrogens (primary N) is 1. The maximum Gasteiger partial charge on any atom is 0.320 e. The normalized spacial score (nSPS) is 29.5. The zero-order valence-electron chi connectivity index (χ0n) is 8.86. The van der Waals surface area contributed by atoms with E-state index in [0.717, 1.165) is 12.8 Å². The van der Waals surface area contributed by atoms with Crippen LogP contribution in [0.5, 0.6) is 0 Å². The maximum atomic E-state index is 10.6. The van der Waals surface area contributed by atoms with E-state index in [9.17, 15) is 4.79 Å². The molecule has 3 unspecified atom stereocenters. The number of hydrogen-bond donors (Lipinski definition) is 2.